The molecule has 198 valence electrons. The van der Waals surface area contributed by atoms with Crippen molar-refractivity contribution in [3.05, 3.63) is 77.0 Å². The summed E-state index contributed by atoms with van der Waals surface area (Å²) in [6.45, 7) is 9.35. The second-order valence-electron chi connectivity index (χ2n) is 10.5. The molecule has 3 aromatic rings. The highest BCUT2D eigenvalue weighted by Gasteiger charge is 2.30. The maximum absolute atomic E-state index is 13.7. The van der Waals surface area contributed by atoms with Crippen LogP contribution in [-0.4, -0.2) is 52.3 Å². The molecule has 0 spiro atoms. The summed E-state index contributed by atoms with van der Waals surface area (Å²) in [7, 11) is 0. The van der Waals surface area contributed by atoms with Crippen LogP contribution in [0.15, 0.2) is 54.7 Å². The number of carbonyl (C=O) groups is 1. The van der Waals surface area contributed by atoms with Crippen LogP contribution < -0.4 is 5.32 Å². The largest absolute Gasteiger partial charge is 0.444 e. The van der Waals surface area contributed by atoms with Crippen LogP contribution in [0.25, 0.3) is 11.3 Å². The molecule has 0 saturated carbocycles. The van der Waals surface area contributed by atoms with E-state index in [9.17, 15) is 9.18 Å². The summed E-state index contributed by atoms with van der Waals surface area (Å²) in [4.78, 5) is 19.3. The van der Waals surface area contributed by atoms with Crippen molar-refractivity contribution < 1.29 is 13.9 Å². The van der Waals surface area contributed by atoms with Crippen molar-refractivity contribution in [2.75, 3.05) is 26.2 Å². The number of carbonyl (C=O) groups excluding carboxylic acids is 1. The Morgan fingerprint density at radius 2 is 1.86 bits per heavy atom. The molecule has 1 aromatic heterocycles. The van der Waals surface area contributed by atoms with E-state index in [1.807, 2.05) is 33.0 Å². The number of hydrogen-bond acceptors (Lipinski definition) is 4. The Morgan fingerprint density at radius 3 is 2.54 bits per heavy atom. The van der Waals surface area contributed by atoms with Crippen molar-refractivity contribution in [1.29, 1.82) is 0 Å². The lowest BCUT2D eigenvalue weighted by Crippen LogP contribution is -2.41. The Morgan fingerprint density at radius 1 is 1.14 bits per heavy atom. The van der Waals surface area contributed by atoms with Gasteiger partial charge in [0.25, 0.3) is 0 Å². The first-order chi connectivity index (χ1) is 17.7. The molecule has 2 heterocycles. The summed E-state index contributed by atoms with van der Waals surface area (Å²) in [5, 5.41) is 3.62. The molecule has 0 atom stereocenters. The number of rotatable bonds is 8. The number of benzene rings is 2. The van der Waals surface area contributed by atoms with Crippen LogP contribution in [-0.2, 0) is 17.7 Å². The summed E-state index contributed by atoms with van der Waals surface area (Å²) in [5.41, 5.74) is 2.36. The Labute approximate surface area is 223 Å². The lowest BCUT2D eigenvalue weighted by Gasteiger charge is -2.33. The third kappa shape index (κ3) is 7.55. The van der Waals surface area contributed by atoms with E-state index in [-0.39, 0.29) is 17.0 Å². The molecule has 4 rings (SSSR count). The fraction of sp³-hybridized carbons (Fsp3) is 0.448. The second-order valence-corrected chi connectivity index (χ2v) is 10.9. The van der Waals surface area contributed by atoms with Crippen molar-refractivity contribution in [2.45, 2.75) is 58.1 Å². The molecule has 1 N–H and O–H groups in total. The van der Waals surface area contributed by atoms with Crippen LogP contribution in [0.1, 0.15) is 50.9 Å². The quantitative estimate of drug-likeness (QED) is 0.350. The van der Waals surface area contributed by atoms with Crippen LogP contribution >= 0.6 is 11.6 Å². The van der Waals surface area contributed by atoms with E-state index >= 15 is 0 Å². The van der Waals surface area contributed by atoms with Crippen molar-refractivity contribution in [2.24, 2.45) is 0 Å². The van der Waals surface area contributed by atoms with E-state index < -0.39 is 11.4 Å². The summed E-state index contributed by atoms with van der Waals surface area (Å²) >= 11 is 6.05. The number of piperidine rings is 1. The molecule has 1 fully saturated rings. The van der Waals surface area contributed by atoms with Gasteiger partial charge in [-0.3, -0.25) is 0 Å². The average molecular weight is 527 g/mol. The molecule has 6 nitrogen and oxygen atoms in total. The predicted octanol–water partition coefficient (Wildman–Crippen LogP) is 6.29. The minimum Gasteiger partial charge on any atom is -0.444 e. The number of amides is 1. The Bertz CT molecular complexity index is 1180. The monoisotopic (exact) mass is 526 g/mol. The van der Waals surface area contributed by atoms with Gasteiger partial charge >= 0.3 is 6.09 Å². The lowest BCUT2D eigenvalue weighted by atomic mass is 9.96. The molecule has 8 heteroatoms. The average Bonchev–Trinajstić information content (AvgIpc) is 3.29. The van der Waals surface area contributed by atoms with Crippen molar-refractivity contribution in [3.63, 3.8) is 0 Å². The van der Waals surface area contributed by atoms with Gasteiger partial charge in [0, 0.05) is 43.9 Å². The zero-order valence-electron chi connectivity index (χ0n) is 21.8. The number of ether oxygens (including phenoxy) is 1. The zero-order valence-corrected chi connectivity index (χ0v) is 22.6. The van der Waals surface area contributed by atoms with Crippen LogP contribution in [0.3, 0.4) is 0 Å². The van der Waals surface area contributed by atoms with Gasteiger partial charge in [-0.05, 0) is 70.3 Å². The first-order valence-corrected chi connectivity index (χ1v) is 13.3. The molecular formula is C29H36ClFN4O2. The number of aromatic nitrogens is 2. The lowest BCUT2D eigenvalue weighted by molar-refractivity contribution is 0.0202. The van der Waals surface area contributed by atoms with Crippen molar-refractivity contribution in [3.8, 4) is 11.3 Å². The fourth-order valence-electron chi connectivity index (χ4n) is 4.58. The van der Waals surface area contributed by atoms with Crippen LogP contribution in [0.2, 0.25) is 5.02 Å². The van der Waals surface area contributed by atoms with E-state index in [1.54, 1.807) is 17.0 Å². The minimum atomic E-state index is -0.511. The van der Waals surface area contributed by atoms with Crippen molar-refractivity contribution in [1.82, 2.24) is 19.8 Å². The smallest absolute Gasteiger partial charge is 0.410 e. The number of nitrogens with one attached hydrogen (secondary N) is 1. The molecular weight excluding hydrogens is 491 g/mol. The molecule has 0 bridgehead atoms. The van der Waals surface area contributed by atoms with E-state index in [0.717, 1.165) is 56.0 Å². The maximum Gasteiger partial charge on any atom is 0.410 e. The highest BCUT2D eigenvalue weighted by atomic mass is 35.5. The molecule has 1 aliphatic heterocycles. The Balaban J connectivity index is 1.43. The molecule has 0 unspecified atom stereocenters. The number of likely N-dealkylation sites (tertiary alicyclic amines) is 1. The number of imidazole rings is 1. The van der Waals surface area contributed by atoms with E-state index in [0.29, 0.717) is 13.1 Å². The van der Waals surface area contributed by atoms with Gasteiger partial charge in [0.2, 0.25) is 0 Å². The van der Waals surface area contributed by atoms with Gasteiger partial charge in [-0.25, -0.2) is 14.2 Å². The SMILES string of the molecule is CC(C)(C)OC(=O)N1CCC(c2nc(-c3ccc(F)c(Cl)c3)cn2CCNCCc2ccccc2)CC1. The highest BCUT2D eigenvalue weighted by molar-refractivity contribution is 6.31. The summed E-state index contributed by atoms with van der Waals surface area (Å²) in [6, 6.07) is 15.1. The number of nitrogens with zero attached hydrogens (tertiary/aromatic N) is 3. The standard InChI is InChI=1S/C29H36ClFN4O2/c1-29(2,3)37-28(36)34-16-12-22(13-17-34)27-33-26(23-9-10-25(31)24(30)19-23)20-35(27)18-15-32-14-11-21-7-5-4-6-8-21/h4-10,19-20,22,32H,11-18H2,1-3H3. The second kappa shape index (κ2) is 12.1. The summed E-state index contributed by atoms with van der Waals surface area (Å²) in [6.07, 6.45) is 4.35. The fourth-order valence-corrected chi connectivity index (χ4v) is 4.76. The third-order valence-corrected chi connectivity index (χ3v) is 6.79. The van der Waals surface area contributed by atoms with E-state index in [2.05, 4.69) is 34.1 Å². The summed E-state index contributed by atoms with van der Waals surface area (Å²) < 4.78 is 21.5. The molecule has 2 aromatic carbocycles. The Hall–Kier alpha value is -2.90. The first kappa shape index (κ1) is 27.1. The Kier molecular flexibility index (Phi) is 8.87. The molecule has 37 heavy (non-hydrogen) atoms. The van der Waals surface area contributed by atoms with Gasteiger partial charge < -0.3 is 19.5 Å². The topological polar surface area (TPSA) is 59.4 Å². The number of halogens is 2. The van der Waals surface area contributed by atoms with Gasteiger partial charge in [0.1, 0.15) is 17.2 Å². The molecule has 0 aliphatic carbocycles. The molecule has 1 amide bonds. The van der Waals surface area contributed by atoms with Crippen LogP contribution in [0.4, 0.5) is 9.18 Å². The molecule has 0 radical (unpaired) electrons. The van der Waals surface area contributed by atoms with Crippen LogP contribution in [0, 0.1) is 5.82 Å². The predicted molar refractivity (Wildman–Crippen MR) is 145 cm³/mol. The summed E-state index contributed by atoms with van der Waals surface area (Å²) in [5.74, 6) is 0.763. The van der Waals surface area contributed by atoms with Gasteiger partial charge in [-0.1, -0.05) is 41.9 Å². The molecule has 1 saturated heterocycles. The minimum absolute atomic E-state index is 0.0850. The van der Waals surface area contributed by atoms with Gasteiger partial charge in [-0.15, -0.1) is 0 Å². The normalized spacial score (nSPS) is 14.7. The molecule has 1 aliphatic rings. The van der Waals surface area contributed by atoms with E-state index in [1.165, 1.54) is 11.6 Å². The van der Waals surface area contributed by atoms with Crippen molar-refractivity contribution >= 4 is 17.7 Å². The maximum atomic E-state index is 13.7. The van der Waals surface area contributed by atoms with Gasteiger partial charge in [0.15, 0.2) is 0 Å². The number of hydrogen-bond donors (Lipinski definition) is 1. The van der Waals surface area contributed by atoms with Gasteiger partial charge in [0.05, 0.1) is 10.7 Å². The van der Waals surface area contributed by atoms with Crippen LogP contribution in [0.5, 0.6) is 0 Å². The third-order valence-electron chi connectivity index (χ3n) is 6.50. The van der Waals surface area contributed by atoms with E-state index in [4.69, 9.17) is 21.3 Å². The van der Waals surface area contributed by atoms with Gasteiger partial charge in [-0.2, -0.15) is 0 Å². The zero-order chi connectivity index (χ0) is 26.4. The first-order valence-electron chi connectivity index (χ1n) is 12.9. The highest BCUT2D eigenvalue weighted by Crippen LogP contribution is 2.31.